The minimum atomic E-state index is 0.451. The zero-order chi connectivity index (χ0) is 12.3. The zero-order valence-corrected chi connectivity index (χ0v) is 11.3. The molecular formula is C11H19N5S. The molecule has 2 rings (SSSR count). The predicted octanol–water partition coefficient (Wildman–Crippen LogP) is 1.14. The molecule has 0 fully saturated rings. The van der Waals surface area contributed by atoms with E-state index in [1.54, 1.807) is 11.3 Å². The molecule has 94 valence electrons. The number of rotatable bonds is 4. The average Bonchev–Trinajstić information content (AvgIpc) is 2.88. The molecule has 0 radical (unpaired) electrons. The van der Waals surface area contributed by atoms with Gasteiger partial charge in [0.1, 0.15) is 10.0 Å². The van der Waals surface area contributed by atoms with Crippen molar-refractivity contribution in [1.82, 2.24) is 20.8 Å². The molecule has 5 nitrogen and oxygen atoms in total. The third-order valence-corrected chi connectivity index (χ3v) is 3.80. The zero-order valence-electron chi connectivity index (χ0n) is 10.5. The maximum absolute atomic E-state index is 4.34. The second-order valence-electron chi connectivity index (χ2n) is 4.60. The summed E-state index contributed by atoms with van der Waals surface area (Å²) in [6.45, 7) is 8.12. The molecule has 0 saturated heterocycles. The van der Waals surface area contributed by atoms with Crippen LogP contribution in [0.1, 0.15) is 36.7 Å². The van der Waals surface area contributed by atoms with Crippen molar-refractivity contribution in [2.24, 2.45) is 4.99 Å². The normalized spacial score (nSPS) is 19.3. The van der Waals surface area contributed by atoms with Crippen LogP contribution in [0.15, 0.2) is 4.99 Å². The van der Waals surface area contributed by atoms with E-state index in [4.69, 9.17) is 0 Å². The van der Waals surface area contributed by atoms with Crippen LogP contribution in [0, 0.1) is 0 Å². The third-order valence-electron chi connectivity index (χ3n) is 2.51. The fraction of sp³-hybridized carbons (Fsp3) is 0.727. The van der Waals surface area contributed by atoms with E-state index in [9.17, 15) is 0 Å². The number of aliphatic imine (C=N–C) groups is 1. The topological polar surface area (TPSA) is 62.2 Å². The molecule has 1 aliphatic heterocycles. The molecule has 0 aliphatic carbocycles. The second kappa shape index (κ2) is 5.44. The van der Waals surface area contributed by atoms with Gasteiger partial charge in [0.2, 0.25) is 0 Å². The number of guanidine groups is 1. The molecule has 1 aromatic heterocycles. The Balaban J connectivity index is 1.74. The first-order valence-electron chi connectivity index (χ1n) is 6.02. The lowest BCUT2D eigenvalue weighted by atomic mass is 10.2. The predicted molar refractivity (Wildman–Crippen MR) is 70.6 cm³/mol. The number of nitrogens with zero attached hydrogens (tertiary/aromatic N) is 3. The molecule has 1 aliphatic rings. The van der Waals surface area contributed by atoms with Crippen LogP contribution < -0.4 is 10.6 Å². The summed E-state index contributed by atoms with van der Waals surface area (Å²) in [5.41, 5.74) is 0. The number of nitrogens with one attached hydrogen (secondary N) is 2. The Bertz CT molecular complexity index is 398. The van der Waals surface area contributed by atoms with Crippen molar-refractivity contribution in [3.05, 3.63) is 10.0 Å². The molecule has 2 N–H and O–H groups in total. The van der Waals surface area contributed by atoms with Gasteiger partial charge in [-0.2, -0.15) is 0 Å². The molecule has 1 atom stereocenters. The van der Waals surface area contributed by atoms with Gasteiger partial charge in [-0.25, -0.2) is 0 Å². The monoisotopic (exact) mass is 253 g/mol. The highest BCUT2D eigenvalue weighted by molar-refractivity contribution is 7.11. The number of hydrogen-bond acceptors (Lipinski definition) is 6. The largest absolute Gasteiger partial charge is 0.356 e. The van der Waals surface area contributed by atoms with Gasteiger partial charge in [-0.05, 0) is 6.92 Å². The molecule has 17 heavy (non-hydrogen) atoms. The van der Waals surface area contributed by atoms with Crippen LogP contribution in [0.25, 0.3) is 0 Å². The van der Waals surface area contributed by atoms with E-state index < -0.39 is 0 Å². The lowest BCUT2D eigenvalue weighted by molar-refractivity contribution is 0.711. The van der Waals surface area contributed by atoms with E-state index in [-0.39, 0.29) is 0 Å². The van der Waals surface area contributed by atoms with Crippen LogP contribution in [0.3, 0.4) is 0 Å². The van der Waals surface area contributed by atoms with Gasteiger partial charge >= 0.3 is 0 Å². The summed E-state index contributed by atoms with van der Waals surface area (Å²) in [5.74, 6) is 1.38. The fourth-order valence-electron chi connectivity index (χ4n) is 1.55. The van der Waals surface area contributed by atoms with Crippen molar-refractivity contribution in [3.8, 4) is 0 Å². The van der Waals surface area contributed by atoms with E-state index in [0.29, 0.717) is 12.0 Å². The van der Waals surface area contributed by atoms with Crippen molar-refractivity contribution in [1.29, 1.82) is 0 Å². The fourth-order valence-corrected chi connectivity index (χ4v) is 2.39. The highest BCUT2D eigenvalue weighted by atomic mass is 32.1. The van der Waals surface area contributed by atoms with Crippen LogP contribution in [-0.4, -0.2) is 35.3 Å². The minimum Gasteiger partial charge on any atom is -0.356 e. The summed E-state index contributed by atoms with van der Waals surface area (Å²) in [4.78, 5) is 4.34. The molecule has 0 aromatic carbocycles. The molecule has 1 aromatic rings. The summed E-state index contributed by atoms with van der Waals surface area (Å²) < 4.78 is 0. The Morgan fingerprint density at radius 2 is 2.29 bits per heavy atom. The molecule has 2 heterocycles. The molecular weight excluding hydrogens is 234 g/mol. The molecule has 1 unspecified atom stereocenters. The number of aromatic nitrogens is 2. The van der Waals surface area contributed by atoms with Crippen molar-refractivity contribution in [2.75, 3.05) is 13.1 Å². The van der Waals surface area contributed by atoms with Crippen molar-refractivity contribution in [3.63, 3.8) is 0 Å². The van der Waals surface area contributed by atoms with Crippen molar-refractivity contribution >= 4 is 17.3 Å². The van der Waals surface area contributed by atoms with Crippen LogP contribution in [-0.2, 0) is 6.42 Å². The highest BCUT2D eigenvalue weighted by Gasteiger charge is 2.12. The van der Waals surface area contributed by atoms with Gasteiger partial charge in [0.15, 0.2) is 5.96 Å². The van der Waals surface area contributed by atoms with Gasteiger partial charge in [0.25, 0.3) is 0 Å². The lowest BCUT2D eigenvalue weighted by Gasteiger charge is -2.07. The Morgan fingerprint density at radius 3 is 2.88 bits per heavy atom. The van der Waals surface area contributed by atoms with Gasteiger partial charge in [-0.3, -0.25) is 4.99 Å². The Hall–Kier alpha value is -1.17. The quantitative estimate of drug-likeness (QED) is 0.845. The maximum Gasteiger partial charge on any atom is 0.191 e. The van der Waals surface area contributed by atoms with E-state index in [0.717, 1.165) is 35.5 Å². The van der Waals surface area contributed by atoms with Gasteiger partial charge in [0.05, 0.1) is 6.54 Å². The van der Waals surface area contributed by atoms with Crippen LogP contribution >= 0.6 is 11.3 Å². The molecule has 0 amide bonds. The van der Waals surface area contributed by atoms with E-state index >= 15 is 0 Å². The van der Waals surface area contributed by atoms with E-state index in [2.05, 4.69) is 46.6 Å². The van der Waals surface area contributed by atoms with E-state index in [1.807, 2.05) is 0 Å². The summed E-state index contributed by atoms with van der Waals surface area (Å²) in [6.07, 6.45) is 0.902. The van der Waals surface area contributed by atoms with Crippen LogP contribution in [0.2, 0.25) is 0 Å². The second-order valence-corrected chi connectivity index (χ2v) is 5.69. The first kappa shape index (κ1) is 12.3. The molecule has 6 heteroatoms. The molecule has 0 bridgehead atoms. The minimum absolute atomic E-state index is 0.451. The van der Waals surface area contributed by atoms with Gasteiger partial charge in [0, 0.05) is 24.9 Å². The summed E-state index contributed by atoms with van der Waals surface area (Å²) >= 11 is 1.70. The van der Waals surface area contributed by atoms with Gasteiger partial charge < -0.3 is 10.6 Å². The highest BCUT2D eigenvalue weighted by Crippen LogP contribution is 2.18. The summed E-state index contributed by atoms with van der Waals surface area (Å²) in [7, 11) is 0. The Labute approximate surface area is 106 Å². The van der Waals surface area contributed by atoms with Crippen LogP contribution in [0.5, 0.6) is 0 Å². The van der Waals surface area contributed by atoms with E-state index in [1.165, 1.54) is 0 Å². The Kier molecular flexibility index (Phi) is 3.93. The summed E-state index contributed by atoms with van der Waals surface area (Å²) in [5, 5.41) is 17.1. The van der Waals surface area contributed by atoms with Crippen LogP contribution in [0.4, 0.5) is 0 Å². The maximum atomic E-state index is 4.34. The molecule has 0 spiro atoms. The first-order chi connectivity index (χ1) is 8.15. The third kappa shape index (κ3) is 3.39. The Morgan fingerprint density at radius 1 is 1.47 bits per heavy atom. The lowest BCUT2D eigenvalue weighted by Crippen LogP contribution is -2.38. The van der Waals surface area contributed by atoms with Gasteiger partial charge in [-0.1, -0.05) is 13.8 Å². The smallest absolute Gasteiger partial charge is 0.191 e. The molecule has 0 saturated carbocycles. The summed E-state index contributed by atoms with van der Waals surface area (Å²) in [6, 6.07) is 0.451. The average molecular weight is 253 g/mol. The standard InChI is InChI=1S/C11H19N5S/c1-7(2)10-16-15-9(17-10)4-5-12-11-13-6-8(3)14-11/h7-8H,4-6H2,1-3H3,(H2,12,13,14). The van der Waals surface area contributed by atoms with Crippen molar-refractivity contribution < 1.29 is 0 Å². The first-order valence-corrected chi connectivity index (χ1v) is 6.84. The number of hydrogen-bond donors (Lipinski definition) is 2. The SMILES string of the molecule is CC1CN=C(NCCc2nnc(C(C)C)s2)N1. The van der Waals surface area contributed by atoms with Gasteiger partial charge in [-0.15, -0.1) is 21.5 Å². The van der Waals surface area contributed by atoms with Crippen molar-refractivity contribution in [2.45, 2.75) is 39.2 Å².